The minimum atomic E-state index is -0.403. The Morgan fingerprint density at radius 2 is 1.90 bits per heavy atom. The molecule has 0 saturated carbocycles. The van der Waals surface area contributed by atoms with E-state index >= 15 is 0 Å². The lowest BCUT2D eigenvalue weighted by Crippen LogP contribution is -2.36. The van der Waals surface area contributed by atoms with E-state index in [1.54, 1.807) is 23.1 Å². The number of carbonyl (C=O) groups excluding carboxylic acids is 2. The zero-order chi connectivity index (χ0) is 21.8. The fourth-order valence-corrected chi connectivity index (χ4v) is 3.54. The van der Waals surface area contributed by atoms with Gasteiger partial charge in [-0.25, -0.2) is 14.4 Å². The molecule has 2 aromatic carbocycles. The molecule has 8 heteroatoms. The quantitative estimate of drug-likeness (QED) is 0.686. The number of benzene rings is 2. The Morgan fingerprint density at radius 3 is 2.65 bits per heavy atom. The normalized spacial score (nSPS) is 12.8. The molecule has 0 spiro atoms. The molecule has 1 N–H and O–H groups in total. The summed E-state index contributed by atoms with van der Waals surface area (Å²) in [6.45, 7) is 0.994. The van der Waals surface area contributed by atoms with Crippen molar-refractivity contribution < 1.29 is 18.7 Å². The first-order chi connectivity index (χ1) is 15.0. The maximum atomic E-state index is 13.8. The predicted octanol–water partition coefficient (Wildman–Crippen LogP) is 3.00. The number of anilines is 1. The van der Waals surface area contributed by atoms with Crippen LogP contribution in [-0.2, 0) is 24.2 Å². The first-order valence-electron chi connectivity index (χ1n) is 9.84. The topological polar surface area (TPSA) is 84.4 Å². The molecule has 0 saturated heterocycles. The van der Waals surface area contributed by atoms with Gasteiger partial charge in [-0.2, -0.15) is 0 Å². The monoisotopic (exact) mass is 420 g/mol. The first kappa shape index (κ1) is 20.5. The molecule has 0 bridgehead atoms. The number of fused-ring (bicyclic) bond motifs is 1. The number of ether oxygens (including phenoxy) is 1. The Balaban J connectivity index is 1.44. The number of hydrogen-bond donors (Lipinski definition) is 1. The van der Waals surface area contributed by atoms with Crippen molar-refractivity contribution >= 4 is 17.5 Å². The molecule has 1 aliphatic heterocycles. The van der Waals surface area contributed by atoms with E-state index in [0.717, 1.165) is 11.1 Å². The summed E-state index contributed by atoms with van der Waals surface area (Å²) in [5, 5.41) is 2.81. The molecule has 0 fully saturated rings. The summed E-state index contributed by atoms with van der Waals surface area (Å²) in [4.78, 5) is 34.9. The molecule has 7 nitrogen and oxygen atoms in total. The van der Waals surface area contributed by atoms with Gasteiger partial charge in [-0.3, -0.25) is 9.59 Å². The second kappa shape index (κ2) is 8.91. The van der Waals surface area contributed by atoms with Gasteiger partial charge in [0.15, 0.2) is 0 Å². The Kier molecular flexibility index (Phi) is 5.88. The highest BCUT2D eigenvalue weighted by Gasteiger charge is 2.23. The molecular weight excluding hydrogens is 399 g/mol. The lowest BCUT2D eigenvalue weighted by Gasteiger charge is -2.29. The summed E-state index contributed by atoms with van der Waals surface area (Å²) in [7, 11) is 1.46. The molecule has 158 valence electrons. The van der Waals surface area contributed by atoms with Gasteiger partial charge in [0, 0.05) is 31.2 Å². The number of carbonyl (C=O) groups is 2. The van der Waals surface area contributed by atoms with Gasteiger partial charge in [0.1, 0.15) is 5.82 Å². The third kappa shape index (κ3) is 4.69. The number of halogens is 1. The predicted molar refractivity (Wildman–Crippen MR) is 112 cm³/mol. The van der Waals surface area contributed by atoms with E-state index in [2.05, 4.69) is 15.3 Å². The summed E-state index contributed by atoms with van der Waals surface area (Å²) in [6, 6.07) is 12.1. The van der Waals surface area contributed by atoms with Crippen LogP contribution in [0.4, 0.5) is 10.1 Å². The molecule has 31 heavy (non-hydrogen) atoms. The summed E-state index contributed by atoms with van der Waals surface area (Å²) in [5.41, 5.74) is 3.43. The molecule has 0 atom stereocenters. The SMILES string of the molecule is COc1ncc(C(=O)N2CCc3ccc(NC(=O)Cc4ccccc4F)cc3C2)cn1. The van der Waals surface area contributed by atoms with E-state index < -0.39 is 5.82 Å². The molecular formula is C23H21FN4O3. The number of aromatic nitrogens is 2. The van der Waals surface area contributed by atoms with Crippen molar-refractivity contribution in [1.29, 1.82) is 0 Å². The highest BCUT2D eigenvalue weighted by molar-refractivity contribution is 5.94. The first-order valence-corrected chi connectivity index (χ1v) is 9.84. The van der Waals surface area contributed by atoms with Gasteiger partial charge >= 0.3 is 6.01 Å². The van der Waals surface area contributed by atoms with Crippen LogP contribution in [0.15, 0.2) is 54.9 Å². The van der Waals surface area contributed by atoms with Crippen LogP contribution in [0.5, 0.6) is 6.01 Å². The smallest absolute Gasteiger partial charge is 0.316 e. The molecule has 1 aromatic heterocycles. The van der Waals surface area contributed by atoms with Gasteiger partial charge < -0.3 is 15.0 Å². The average molecular weight is 420 g/mol. The number of rotatable bonds is 5. The summed E-state index contributed by atoms with van der Waals surface area (Å²) < 4.78 is 18.7. The molecule has 2 amide bonds. The number of methoxy groups -OCH3 is 1. The van der Waals surface area contributed by atoms with E-state index in [9.17, 15) is 14.0 Å². The number of hydrogen-bond acceptors (Lipinski definition) is 5. The number of nitrogens with one attached hydrogen (secondary N) is 1. The van der Waals surface area contributed by atoms with Crippen molar-refractivity contribution in [3.8, 4) is 6.01 Å². The Hall–Kier alpha value is -3.81. The van der Waals surface area contributed by atoms with Gasteiger partial charge in [-0.15, -0.1) is 0 Å². The number of amides is 2. The van der Waals surface area contributed by atoms with E-state index in [0.29, 0.717) is 36.3 Å². The lowest BCUT2D eigenvalue weighted by molar-refractivity contribution is -0.115. The van der Waals surface area contributed by atoms with Gasteiger partial charge in [-0.1, -0.05) is 24.3 Å². The van der Waals surface area contributed by atoms with Crippen molar-refractivity contribution in [3.05, 3.63) is 82.9 Å². The summed E-state index contributed by atoms with van der Waals surface area (Å²) in [6.07, 6.45) is 3.56. The Morgan fingerprint density at radius 1 is 1.13 bits per heavy atom. The molecule has 3 aromatic rings. The van der Waals surface area contributed by atoms with Gasteiger partial charge in [0.2, 0.25) is 5.91 Å². The van der Waals surface area contributed by atoms with Crippen molar-refractivity contribution in [2.24, 2.45) is 0 Å². The molecule has 4 rings (SSSR count). The third-order valence-corrected chi connectivity index (χ3v) is 5.16. The minimum absolute atomic E-state index is 0.0498. The van der Waals surface area contributed by atoms with Crippen LogP contribution in [-0.4, -0.2) is 40.3 Å². The fourth-order valence-electron chi connectivity index (χ4n) is 3.54. The van der Waals surface area contributed by atoms with Crippen LogP contribution in [0, 0.1) is 5.82 Å². The molecule has 0 aliphatic carbocycles. The molecule has 0 unspecified atom stereocenters. The van der Waals surface area contributed by atoms with Gasteiger partial charge in [0.05, 0.1) is 19.1 Å². The van der Waals surface area contributed by atoms with Crippen LogP contribution >= 0.6 is 0 Å². The van der Waals surface area contributed by atoms with Crippen LogP contribution in [0.2, 0.25) is 0 Å². The van der Waals surface area contributed by atoms with E-state index in [1.165, 1.54) is 25.6 Å². The zero-order valence-corrected chi connectivity index (χ0v) is 17.0. The van der Waals surface area contributed by atoms with Gasteiger partial charge in [-0.05, 0) is 41.3 Å². The van der Waals surface area contributed by atoms with E-state index in [-0.39, 0.29) is 24.2 Å². The van der Waals surface area contributed by atoms with Crippen molar-refractivity contribution in [3.63, 3.8) is 0 Å². The maximum absolute atomic E-state index is 13.8. The number of nitrogens with zero attached hydrogens (tertiary/aromatic N) is 3. The van der Waals surface area contributed by atoms with Crippen LogP contribution in [0.25, 0.3) is 0 Å². The molecule has 1 aliphatic rings. The Labute approximate surface area is 178 Å². The molecule has 0 radical (unpaired) electrons. The van der Waals surface area contributed by atoms with E-state index in [1.807, 2.05) is 18.2 Å². The summed E-state index contributed by atoms with van der Waals surface area (Å²) >= 11 is 0. The lowest BCUT2D eigenvalue weighted by atomic mass is 9.98. The van der Waals surface area contributed by atoms with Crippen LogP contribution < -0.4 is 10.1 Å². The minimum Gasteiger partial charge on any atom is -0.467 e. The maximum Gasteiger partial charge on any atom is 0.316 e. The average Bonchev–Trinajstić information content (AvgIpc) is 2.79. The largest absolute Gasteiger partial charge is 0.467 e. The summed E-state index contributed by atoms with van der Waals surface area (Å²) in [5.74, 6) is -0.869. The molecule has 2 heterocycles. The van der Waals surface area contributed by atoms with Crippen molar-refractivity contribution in [1.82, 2.24) is 14.9 Å². The fraction of sp³-hybridized carbons (Fsp3) is 0.217. The standard InChI is InChI=1S/C23H21FN4O3/c1-31-23-25-12-18(13-26-23)22(30)28-9-8-15-6-7-19(10-17(15)14-28)27-21(29)11-16-4-2-3-5-20(16)24/h2-7,10,12-13H,8-9,11,14H2,1H3,(H,27,29). The zero-order valence-electron chi connectivity index (χ0n) is 17.0. The highest BCUT2D eigenvalue weighted by Crippen LogP contribution is 2.24. The van der Waals surface area contributed by atoms with Crippen LogP contribution in [0.3, 0.4) is 0 Å². The van der Waals surface area contributed by atoms with Gasteiger partial charge in [0.25, 0.3) is 5.91 Å². The Bertz CT molecular complexity index is 1120. The second-order valence-electron chi connectivity index (χ2n) is 7.23. The van der Waals surface area contributed by atoms with Crippen molar-refractivity contribution in [2.45, 2.75) is 19.4 Å². The van der Waals surface area contributed by atoms with Crippen LogP contribution in [0.1, 0.15) is 27.0 Å². The van der Waals surface area contributed by atoms with E-state index in [4.69, 9.17) is 4.74 Å². The third-order valence-electron chi connectivity index (χ3n) is 5.16. The highest BCUT2D eigenvalue weighted by atomic mass is 19.1. The second-order valence-corrected chi connectivity index (χ2v) is 7.23. The van der Waals surface area contributed by atoms with Crippen molar-refractivity contribution in [2.75, 3.05) is 19.0 Å².